The van der Waals surface area contributed by atoms with E-state index in [1.54, 1.807) is 0 Å². The van der Waals surface area contributed by atoms with E-state index in [4.69, 9.17) is 4.74 Å². The largest absolute Gasteiger partial charge is 0.471 e. The van der Waals surface area contributed by atoms with Crippen LogP contribution in [0.1, 0.15) is 13.8 Å². The van der Waals surface area contributed by atoms with Crippen molar-refractivity contribution < 1.29 is 9.13 Å². The average molecular weight is 182 g/mol. The fourth-order valence-corrected chi connectivity index (χ4v) is 0.695. The smallest absolute Gasteiger partial charge is 0.253 e. The summed E-state index contributed by atoms with van der Waals surface area (Å²) in [5, 5.41) is 0. The van der Waals surface area contributed by atoms with Crippen LogP contribution in [0.4, 0.5) is 4.39 Å². The third-order valence-corrected chi connectivity index (χ3v) is 1.35. The summed E-state index contributed by atoms with van der Waals surface area (Å²) in [7, 11) is 0. The van der Waals surface area contributed by atoms with Crippen LogP contribution in [0.3, 0.4) is 0 Å². The molecule has 3 nitrogen and oxygen atoms in total. The van der Waals surface area contributed by atoms with Crippen molar-refractivity contribution in [3.05, 3.63) is 30.0 Å². The quantitative estimate of drug-likeness (QED) is 0.670. The monoisotopic (exact) mass is 182 g/mol. The Morgan fingerprint density at radius 3 is 3.00 bits per heavy atom. The third-order valence-electron chi connectivity index (χ3n) is 1.35. The lowest BCUT2D eigenvalue weighted by Crippen LogP contribution is -1.99. The highest BCUT2D eigenvalue weighted by Crippen LogP contribution is 2.09. The zero-order valence-corrected chi connectivity index (χ0v) is 7.62. The van der Waals surface area contributed by atoms with Gasteiger partial charge in [0.15, 0.2) is 0 Å². The van der Waals surface area contributed by atoms with Crippen molar-refractivity contribution in [1.82, 2.24) is 9.97 Å². The van der Waals surface area contributed by atoms with Crippen LogP contribution in [0.5, 0.6) is 5.88 Å². The number of aromatic nitrogens is 2. The van der Waals surface area contributed by atoms with E-state index in [9.17, 15) is 4.39 Å². The van der Waals surface area contributed by atoms with Crippen LogP contribution in [0.15, 0.2) is 24.2 Å². The first kappa shape index (κ1) is 9.64. The SMILES string of the molecule is CC(C)=CCOc1ncncc1F. The van der Waals surface area contributed by atoms with Crippen molar-refractivity contribution in [3.63, 3.8) is 0 Å². The molecule has 0 aromatic carbocycles. The molecule has 0 amide bonds. The van der Waals surface area contributed by atoms with E-state index in [-0.39, 0.29) is 5.88 Å². The third kappa shape index (κ3) is 3.19. The first-order valence-electron chi connectivity index (χ1n) is 3.92. The number of hydrogen-bond donors (Lipinski definition) is 0. The summed E-state index contributed by atoms with van der Waals surface area (Å²) in [6.45, 7) is 4.22. The number of ether oxygens (including phenoxy) is 1. The Morgan fingerprint density at radius 2 is 2.38 bits per heavy atom. The number of rotatable bonds is 3. The topological polar surface area (TPSA) is 35.0 Å². The minimum absolute atomic E-state index is 0.00694. The molecule has 70 valence electrons. The van der Waals surface area contributed by atoms with Gasteiger partial charge in [0.2, 0.25) is 5.82 Å². The maximum atomic E-state index is 12.8. The predicted molar refractivity (Wildman–Crippen MR) is 46.9 cm³/mol. The van der Waals surface area contributed by atoms with E-state index in [0.717, 1.165) is 11.8 Å². The van der Waals surface area contributed by atoms with Crippen LogP contribution in [0.25, 0.3) is 0 Å². The van der Waals surface area contributed by atoms with Gasteiger partial charge in [-0.15, -0.1) is 0 Å². The average Bonchev–Trinajstić information content (AvgIpc) is 2.08. The van der Waals surface area contributed by atoms with E-state index >= 15 is 0 Å². The molecular weight excluding hydrogens is 171 g/mol. The second kappa shape index (κ2) is 4.54. The van der Waals surface area contributed by atoms with Gasteiger partial charge in [0.25, 0.3) is 5.88 Å². The van der Waals surface area contributed by atoms with Crippen molar-refractivity contribution in [1.29, 1.82) is 0 Å². The lowest BCUT2D eigenvalue weighted by Gasteiger charge is -2.01. The van der Waals surface area contributed by atoms with Gasteiger partial charge >= 0.3 is 0 Å². The Labute approximate surface area is 76.3 Å². The van der Waals surface area contributed by atoms with Crippen LogP contribution >= 0.6 is 0 Å². The Bertz CT molecular complexity index is 308. The van der Waals surface area contributed by atoms with Gasteiger partial charge < -0.3 is 4.74 Å². The number of allylic oxidation sites excluding steroid dienone is 1. The summed E-state index contributed by atoms with van der Waals surface area (Å²) in [4.78, 5) is 7.14. The minimum atomic E-state index is -0.537. The summed E-state index contributed by atoms with van der Waals surface area (Å²) in [6, 6.07) is 0. The molecule has 0 saturated heterocycles. The van der Waals surface area contributed by atoms with Crippen molar-refractivity contribution in [2.45, 2.75) is 13.8 Å². The molecule has 1 rings (SSSR count). The molecule has 0 radical (unpaired) electrons. The van der Waals surface area contributed by atoms with Gasteiger partial charge in [0.1, 0.15) is 12.9 Å². The molecule has 0 atom stereocenters. The first-order valence-corrected chi connectivity index (χ1v) is 3.92. The molecule has 4 heteroatoms. The summed E-state index contributed by atoms with van der Waals surface area (Å²) < 4.78 is 17.9. The summed E-state index contributed by atoms with van der Waals surface area (Å²) in [5.74, 6) is -0.544. The van der Waals surface area contributed by atoms with Crippen molar-refractivity contribution in [2.75, 3.05) is 6.61 Å². The number of hydrogen-bond acceptors (Lipinski definition) is 3. The summed E-state index contributed by atoms with van der Waals surface area (Å²) in [5.41, 5.74) is 1.12. The second-order valence-electron chi connectivity index (χ2n) is 2.77. The molecule has 0 bridgehead atoms. The van der Waals surface area contributed by atoms with E-state index in [1.807, 2.05) is 19.9 Å². The highest BCUT2D eigenvalue weighted by Gasteiger charge is 2.01. The van der Waals surface area contributed by atoms with E-state index in [2.05, 4.69) is 9.97 Å². The molecule has 0 aliphatic heterocycles. The van der Waals surface area contributed by atoms with Gasteiger partial charge in [-0.1, -0.05) is 5.57 Å². The van der Waals surface area contributed by atoms with Crippen molar-refractivity contribution in [3.8, 4) is 5.88 Å². The Balaban J connectivity index is 2.55. The fraction of sp³-hybridized carbons (Fsp3) is 0.333. The van der Waals surface area contributed by atoms with E-state index in [1.165, 1.54) is 6.33 Å². The number of nitrogens with zero attached hydrogens (tertiary/aromatic N) is 2. The molecule has 1 heterocycles. The molecule has 1 aromatic rings. The van der Waals surface area contributed by atoms with E-state index < -0.39 is 5.82 Å². The highest BCUT2D eigenvalue weighted by atomic mass is 19.1. The Kier molecular flexibility index (Phi) is 3.37. The maximum absolute atomic E-state index is 12.8. The molecule has 0 unspecified atom stereocenters. The Morgan fingerprint density at radius 1 is 1.62 bits per heavy atom. The van der Waals surface area contributed by atoms with Gasteiger partial charge in [0.05, 0.1) is 6.20 Å². The van der Waals surface area contributed by atoms with Crippen LogP contribution in [0.2, 0.25) is 0 Å². The van der Waals surface area contributed by atoms with Crippen LogP contribution in [-0.4, -0.2) is 16.6 Å². The lowest BCUT2D eigenvalue weighted by atomic mass is 10.3. The summed E-state index contributed by atoms with van der Waals surface area (Å²) >= 11 is 0. The van der Waals surface area contributed by atoms with Gasteiger partial charge in [-0.05, 0) is 19.9 Å². The molecule has 13 heavy (non-hydrogen) atoms. The van der Waals surface area contributed by atoms with E-state index in [0.29, 0.717) is 6.61 Å². The van der Waals surface area contributed by atoms with Crippen molar-refractivity contribution in [2.24, 2.45) is 0 Å². The molecule has 0 aliphatic carbocycles. The van der Waals surface area contributed by atoms with Crippen molar-refractivity contribution >= 4 is 0 Å². The van der Waals surface area contributed by atoms with Crippen LogP contribution in [-0.2, 0) is 0 Å². The zero-order valence-electron chi connectivity index (χ0n) is 7.62. The molecule has 0 N–H and O–H groups in total. The standard InChI is InChI=1S/C9H11FN2O/c1-7(2)3-4-13-9-8(10)5-11-6-12-9/h3,5-6H,4H2,1-2H3. The molecule has 0 spiro atoms. The maximum Gasteiger partial charge on any atom is 0.253 e. The highest BCUT2D eigenvalue weighted by molar-refractivity contribution is 5.09. The fourth-order valence-electron chi connectivity index (χ4n) is 0.695. The first-order chi connectivity index (χ1) is 6.20. The zero-order chi connectivity index (χ0) is 9.68. The van der Waals surface area contributed by atoms with Gasteiger partial charge in [0, 0.05) is 0 Å². The summed E-state index contributed by atoms with van der Waals surface area (Å²) in [6.07, 6.45) is 4.17. The molecule has 0 saturated carbocycles. The normalized spacial score (nSPS) is 9.46. The second-order valence-corrected chi connectivity index (χ2v) is 2.77. The van der Waals surface area contributed by atoms with Crippen LogP contribution in [0, 0.1) is 5.82 Å². The molecule has 0 aliphatic rings. The molecule has 1 aromatic heterocycles. The van der Waals surface area contributed by atoms with Gasteiger partial charge in [-0.25, -0.2) is 4.98 Å². The molecule has 0 fully saturated rings. The minimum Gasteiger partial charge on any atom is -0.471 e. The lowest BCUT2D eigenvalue weighted by molar-refractivity contribution is 0.324. The molecular formula is C9H11FN2O. The van der Waals surface area contributed by atoms with Gasteiger partial charge in [-0.3, -0.25) is 0 Å². The van der Waals surface area contributed by atoms with Gasteiger partial charge in [-0.2, -0.15) is 9.37 Å². The number of halogens is 1. The van der Waals surface area contributed by atoms with Crippen LogP contribution < -0.4 is 4.74 Å². The Hall–Kier alpha value is -1.45. The predicted octanol–water partition coefficient (Wildman–Crippen LogP) is 1.96.